The second-order valence-electron chi connectivity index (χ2n) is 5.96. The number of ether oxygens (including phenoxy) is 1. The lowest BCUT2D eigenvalue weighted by molar-refractivity contribution is 0.0667. The van der Waals surface area contributed by atoms with Crippen LogP contribution in [0.25, 0.3) is 0 Å². The first-order valence-corrected chi connectivity index (χ1v) is 9.73. The van der Waals surface area contributed by atoms with Gasteiger partial charge in [-0.05, 0) is 38.1 Å². The van der Waals surface area contributed by atoms with Crippen LogP contribution in [0.5, 0.6) is 0 Å². The van der Waals surface area contributed by atoms with Crippen LogP contribution in [-0.4, -0.2) is 64.4 Å². The molecule has 1 fully saturated rings. The number of hydrogen-bond donors (Lipinski definition) is 4. The van der Waals surface area contributed by atoms with Crippen LogP contribution < -0.4 is 15.4 Å². The van der Waals surface area contributed by atoms with Crippen LogP contribution in [0.15, 0.2) is 29.2 Å². The fourth-order valence-corrected chi connectivity index (χ4v) is 3.65. The van der Waals surface area contributed by atoms with Crippen molar-refractivity contribution >= 4 is 15.9 Å². The number of rotatable bonds is 9. The van der Waals surface area contributed by atoms with Gasteiger partial charge < -0.3 is 20.5 Å². The first kappa shape index (κ1) is 19.8. The number of benzene rings is 1. The van der Waals surface area contributed by atoms with Gasteiger partial charge in [-0.25, -0.2) is 13.1 Å². The molecule has 1 aromatic carbocycles. The molecule has 0 aromatic heterocycles. The zero-order valence-electron chi connectivity index (χ0n) is 14.2. The van der Waals surface area contributed by atoms with Gasteiger partial charge >= 0.3 is 0 Å². The Balaban J connectivity index is 1.99. The van der Waals surface area contributed by atoms with Gasteiger partial charge in [0.1, 0.15) is 0 Å². The van der Waals surface area contributed by atoms with Crippen LogP contribution >= 0.6 is 0 Å². The fraction of sp³-hybridized carbons (Fsp3) is 0.562. The Bertz CT molecular complexity index is 687. The third-order valence-electron chi connectivity index (χ3n) is 3.96. The minimum absolute atomic E-state index is 0.0143. The summed E-state index contributed by atoms with van der Waals surface area (Å²) in [6, 6.07) is 5.78. The SMILES string of the molecule is CCOCCNC(=O)c1cccc(S(=O)(=O)NC[C@]2(O)CCNC2)c1. The molecule has 0 saturated carbocycles. The molecule has 1 atom stereocenters. The van der Waals surface area contributed by atoms with Crippen LogP contribution in [0, 0.1) is 0 Å². The predicted molar refractivity (Wildman–Crippen MR) is 92.9 cm³/mol. The van der Waals surface area contributed by atoms with Gasteiger partial charge in [-0.2, -0.15) is 0 Å². The number of β-amino-alcohol motifs (C(OH)–C–C–N with tert-alkyl or cyclic N) is 1. The Hall–Kier alpha value is -1.52. The molecule has 8 nitrogen and oxygen atoms in total. The highest BCUT2D eigenvalue weighted by Crippen LogP contribution is 2.16. The third kappa shape index (κ3) is 5.75. The number of carbonyl (C=O) groups is 1. The van der Waals surface area contributed by atoms with Crippen LogP contribution in [0.4, 0.5) is 0 Å². The lowest BCUT2D eigenvalue weighted by atomic mass is 10.1. The first-order valence-electron chi connectivity index (χ1n) is 8.25. The lowest BCUT2D eigenvalue weighted by Crippen LogP contribution is -2.44. The molecule has 1 aliphatic heterocycles. The van der Waals surface area contributed by atoms with Gasteiger partial charge in [0.05, 0.1) is 17.1 Å². The van der Waals surface area contributed by atoms with Crippen molar-refractivity contribution in [1.82, 2.24) is 15.4 Å². The largest absolute Gasteiger partial charge is 0.387 e. The van der Waals surface area contributed by atoms with E-state index in [4.69, 9.17) is 4.74 Å². The summed E-state index contributed by atoms with van der Waals surface area (Å²) in [6.07, 6.45) is 0.484. The molecule has 140 valence electrons. The van der Waals surface area contributed by atoms with Crippen molar-refractivity contribution in [3.8, 4) is 0 Å². The second-order valence-corrected chi connectivity index (χ2v) is 7.72. The Labute approximate surface area is 148 Å². The Morgan fingerprint density at radius 3 is 2.92 bits per heavy atom. The summed E-state index contributed by atoms with van der Waals surface area (Å²) in [5, 5.41) is 15.9. The highest BCUT2D eigenvalue weighted by atomic mass is 32.2. The summed E-state index contributed by atoms with van der Waals surface area (Å²) in [6.45, 7) is 4.09. The van der Waals surface area contributed by atoms with E-state index < -0.39 is 15.6 Å². The van der Waals surface area contributed by atoms with E-state index in [1.807, 2.05) is 6.92 Å². The summed E-state index contributed by atoms with van der Waals surface area (Å²) in [4.78, 5) is 12.1. The number of sulfonamides is 1. The van der Waals surface area contributed by atoms with Gasteiger partial charge in [-0.3, -0.25) is 4.79 Å². The van der Waals surface area contributed by atoms with Crippen LogP contribution in [0.1, 0.15) is 23.7 Å². The smallest absolute Gasteiger partial charge is 0.251 e. The van der Waals surface area contributed by atoms with Gasteiger partial charge in [-0.1, -0.05) is 6.07 Å². The molecule has 0 bridgehead atoms. The predicted octanol–water partition coefficient (Wildman–Crippen LogP) is -0.544. The van der Waals surface area contributed by atoms with E-state index in [2.05, 4.69) is 15.4 Å². The minimum atomic E-state index is -3.81. The van der Waals surface area contributed by atoms with E-state index in [1.54, 1.807) is 6.07 Å². The molecule has 1 saturated heterocycles. The maximum Gasteiger partial charge on any atom is 0.251 e. The van der Waals surface area contributed by atoms with Crippen molar-refractivity contribution in [2.45, 2.75) is 23.8 Å². The molecular weight excluding hydrogens is 346 g/mol. The average Bonchev–Trinajstić information content (AvgIpc) is 3.04. The summed E-state index contributed by atoms with van der Waals surface area (Å²) in [5.74, 6) is -0.365. The fourth-order valence-electron chi connectivity index (χ4n) is 2.48. The summed E-state index contributed by atoms with van der Waals surface area (Å²) in [5.41, 5.74) is -0.831. The normalized spacial score (nSPS) is 20.6. The van der Waals surface area contributed by atoms with Crippen molar-refractivity contribution in [3.05, 3.63) is 29.8 Å². The second kappa shape index (κ2) is 8.72. The van der Waals surface area contributed by atoms with E-state index in [1.165, 1.54) is 18.2 Å². The van der Waals surface area contributed by atoms with Gasteiger partial charge in [0, 0.05) is 31.8 Å². The molecular formula is C16H25N3O5S. The Kier molecular flexibility index (Phi) is 6.91. The molecule has 0 spiro atoms. The van der Waals surface area contributed by atoms with Gasteiger partial charge in [0.25, 0.3) is 5.91 Å². The zero-order valence-corrected chi connectivity index (χ0v) is 15.1. The number of aliphatic hydroxyl groups is 1. The van der Waals surface area contributed by atoms with Gasteiger partial charge in [0.15, 0.2) is 0 Å². The topological polar surface area (TPSA) is 117 Å². The number of carbonyl (C=O) groups excluding carboxylic acids is 1. The summed E-state index contributed by atoms with van der Waals surface area (Å²) in [7, 11) is -3.81. The molecule has 0 radical (unpaired) electrons. The third-order valence-corrected chi connectivity index (χ3v) is 5.35. The molecule has 25 heavy (non-hydrogen) atoms. The lowest BCUT2D eigenvalue weighted by Gasteiger charge is -2.21. The number of nitrogens with one attached hydrogen (secondary N) is 3. The van der Waals surface area contributed by atoms with Crippen molar-refractivity contribution in [1.29, 1.82) is 0 Å². The highest BCUT2D eigenvalue weighted by molar-refractivity contribution is 7.89. The molecule has 1 heterocycles. The maximum atomic E-state index is 12.4. The van der Waals surface area contributed by atoms with E-state index >= 15 is 0 Å². The van der Waals surface area contributed by atoms with E-state index in [0.717, 1.165) is 0 Å². The average molecular weight is 371 g/mol. The van der Waals surface area contributed by atoms with Crippen molar-refractivity contribution < 1.29 is 23.1 Å². The standard InChI is InChI=1S/C16H25N3O5S/c1-2-24-9-8-18-15(20)13-4-3-5-14(10-13)25(22,23)19-12-16(21)6-7-17-11-16/h3-5,10,17,19,21H,2,6-9,11-12H2,1H3,(H,18,20)/t16-/m0/s1. The van der Waals surface area contributed by atoms with Gasteiger partial charge in [0.2, 0.25) is 10.0 Å². The molecule has 0 aliphatic carbocycles. The highest BCUT2D eigenvalue weighted by Gasteiger charge is 2.32. The van der Waals surface area contributed by atoms with Crippen LogP contribution in [0.2, 0.25) is 0 Å². The number of hydrogen-bond acceptors (Lipinski definition) is 6. The van der Waals surface area contributed by atoms with Gasteiger partial charge in [-0.15, -0.1) is 0 Å². The Morgan fingerprint density at radius 2 is 2.24 bits per heavy atom. The van der Waals surface area contributed by atoms with Crippen molar-refractivity contribution in [3.63, 3.8) is 0 Å². The van der Waals surface area contributed by atoms with Crippen molar-refractivity contribution in [2.75, 3.05) is 39.4 Å². The summed E-state index contributed by atoms with van der Waals surface area (Å²) < 4.78 is 32.4. The minimum Gasteiger partial charge on any atom is -0.387 e. The van der Waals surface area contributed by atoms with Crippen molar-refractivity contribution in [2.24, 2.45) is 0 Å². The van der Waals surface area contributed by atoms with Crippen LogP contribution in [0.3, 0.4) is 0 Å². The summed E-state index contributed by atoms with van der Waals surface area (Å²) >= 11 is 0. The molecule has 0 unspecified atom stereocenters. The molecule has 9 heteroatoms. The molecule has 1 aromatic rings. The van der Waals surface area contributed by atoms with E-state index in [9.17, 15) is 18.3 Å². The monoisotopic (exact) mass is 371 g/mol. The van der Waals surface area contributed by atoms with Crippen LogP contribution in [-0.2, 0) is 14.8 Å². The quantitative estimate of drug-likeness (QED) is 0.433. The Morgan fingerprint density at radius 1 is 1.44 bits per heavy atom. The molecule has 1 aliphatic rings. The van der Waals surface area contributed by atoms with E-state index in [-0.39, 0.29) is 22.9 Å². The first-order chi connectivity index (χ1) is 11.9. The zero-order chi connectivity index (χ0) is 18.3. The molecule has 4 N–H and O–H groups in total. The maximum absolute atomic E-state index is 12.4. The number of amides is 1. The van der Waals surface area contributed by atoms with E-state index in [0.29, 0.717) is 39.3 Å². The molecule has 2 rings (SSSR count). The molecule has 1 amide bonds.